The fourth-order valence-electron chi connectivity index (χ4n) is 3.20. The lowest BCUT2D eigenvalue weighted by Gasteiger charge is -2.35. The molecule has 7 heteroatoms. The minimum absolute atomic E-state index is 0.0357. The standard InChI is InChI=1S/C19H19N5O2/c25-19(16-5-8-21-22-10-16)23-11-17-2-1-9-24(17)18(12-23)14-26-13-15-3-6-20-7-4-15/h1-10,18H,11-14H2/t18-/m1/s1. The molecular weight excluding hydrogens is 330 g/mol. The Labute approximate surface area is 151 Å². The SMILES string of the molecule is O=C(c1ccnnc1)N1Cc2cccn2[C@@H](COCc2ccncc2)C1. The highest BCUT2D eigenvalue weighted by molar-refractivity contribution is 5.93. The van der Waals surface area contributed by atoms with Crippen molar-refractivity contribution < 1.29 is 9.53 Å². The van der Waals surface area contributed by atoms with Gasteiger partial charge in [-0.15, -0.1) is 0 Å². The summed E-state index contributed by atoms with van der Waals surface area (Å²) >= 11 is 0. The molecule has 1 amide bonds. The molecule has 0 N–H and O–H groups in total. The number of nitrogens with zero attached hydrogens (tertiary/aromatic N) is 5. The molecule has 0 fully saturated rings. The number of amides is 1. The maximum atomic E-state index is 12.8. The largest absolute Gasteiger partial charge is 0.375 e. The maximum absolute atomic E-state index is 12.8. The molecule has 26 heavy (non-hydrogen) atoms. The van der Waals surface area contributed by atoms with Gasteiger partial charge in [0.1, 0.15) is 0 Å². The van der Waals surface area contributed by atoms with Crippen LogP contribution < -0.4 is 0 Å². The van der Waals surface area contributed by atoms with Gasteiger partial charge in [-0.25, -0.2) is 0 Å². The average molecular weight is 349 g/mol. The van der Waals surface area contributed by atoms with Crippen molar-refractivity contribution in [3.8, 4) is 0 Å². The molecule has 4 rings (SSSR count). The molecule has 0 aliphatic carbocycles. The molecule has 1 atom stereocenters. The van der Waals surface area contributed by atoms with Crippen LogP contribution in [0.1, 0.15) is 27.7 Å². The number of aromatic nitrogens is 4. The summed E-state index contributed by atoms with van der Waals surface area (Å²) < 4.78 is 8.11. The minimum Gasteiger partial charge on any atom is -0.375 e. The first-order chi connectivity index (χ1) is 12.8. The van der Waals surface area contributed by atoms with Crippen LogP contribution in [0.2, 0.25) is 0 Å². The van der Waals surface area contributed by atoms with E-state index in [1.807, 2.05) is 35.4 Å². The number of carbonyl (C=O) groups excluding carboxylic acids is 1. The maximum Gasteiger partial charge on any atom is 0.255 e. The third kappa shape index (κ3) is 3.48. The van der Waals surface area contributed by atoms with E-state index in [9.17, 15) is 4.79 Å². The molecule has 3 aromatic rings. The highest BCUT2D eigenvalue weighted by atomic mass is 16.5. The lowest BCUT2D eigenvalue weighted by molar-refractivity contribution is 0.0481. The summed E-state index contributed by atoms with van der Waals surface area (Å²) in [6.45, 7) is 2.23. The van der Waals surface area contributed by atoms with Crippen molar-refractivity contribution in [3.63, 3.8) is 0 Å². The van der Waals surface area contributed by atoms with Crippen LogP contribution in [0.25, 0.3) is 0 Å². The Hall–Kier alpha value is -3.06. The number of ether oxygens (including phenoxy) is 1. The van der Waals surface area contributed by atoms with Crippen LogP contribution in [0, 0.1) is 0 Å². The van der Waals surface area contributed by atoms with Crippen molar-refractivity contribution >= 4 is 5.91 Å². The van der Waals surface area contributed by atoms with E-state index in [0.29, 0.717) is 31.9 Å². The van der Waals surface area contributed by atoms with E-state index in [-0.39, 0.29) is 11.9 Å². The van der Waals surface area contributed by atoms with Crippen molar-refractivity contribution in [1.82, 2.24) is 24.6 Å². The molecule has 1 aliphatic heterocycles. The molecule has 4 heterocycles. The van der Waals surface area contributed by atoms with Gasteiger partial charge >= 0.3 is 0 Å². The summed E-state index contributed by atoms with van der Waals surface area (Å²) in [6.07, 6.45) is 8.60. The van der Waals surface area contributed by atoms with Crippen LogP contribution in [-0.2, 0) is 17.9 Å². The number of carbonyl (C=O) groups is 1. The smallest absolute Gasteiger partial charge is 0.255 e. The topological polar surface area (TPSA) is 73.1 Å². The van der Waals surface area contributed by atoms with E-state index < -0.39 is 0 Å². The zero-order valence-electron chi connectivity index (χ0n) is 14.2. The van der Waals surface area contributed by atoms with Crippen molar-refractivity contribution in [3.05, 3.63) is 78.1 Å². The van der Waals surface area contributed by atoms with Crippen LogP contribution in [-0.4, -0.2) is 43.7 Å². The van der Waals surface area contributed by atoms with Crippen LogP contribution in [0.3, 0.4) is 0 Å². The van der Waals surface area contributed by atoms with E-state index in [0.717, 1.165) is 11.3 Å². The first-order valence-corrected chi connectivity index (χ1v) is 8.49. The number of hydrogen-bond donors (Lipinski definition) is 0. The Morgan fingerprint density at radius 1 is 1.15 bits per heavy atom. The first kappa shape index (κ1) is 16.4. The molecule has 7 nitrogen and oxygen atoms in total. The molecule has 132 valence electrons. The summed E-state index contributed by atoms with van der Waals surface area (Å²) in [5.74, 6) is -0.0357. The molecule has 0 bridgehead atoms. The van der Waals surface area contributed by atoms with Crippen LogP contribution in [0.4, 0.5) is 0 Å². The highest BCUT2D eigenvalue weighted by Crippen LogP contribution is 2.24. The van der Waals surface area contributed by atoms with Gasteiger partial charge in [0, 0.05) is 30.8 Å². The molecular formula is C19H19N5O2. The summed E-state index contributed by atoms with van der Waals surface area (Å²) in [5.41, 5.74) is 2.74. The second-order valence-electron chi connectivity index (χ2n) is 6.25. The zero-order chi connectivity index (χ0) is 17.8. The molecule has 0 unspecified atom stereocenters. The van der Waals surface area contributed by atoms with Gasteiger partial charge in [-0.1, -0.05) is 0 Å². The van der Waals surface area contributed by atoms with E-state index in [1.165, 1.54) is 12.4 Å². The quantitative estimate of drug-likeness (QED) is 0.705. The molecule has 0 spiro atoms. The Balaban J connectivity index is 1.45. The number of hydrogen-bond acceptors (Lipinski definition) is 5. The summed E-state index contributed by atoms with van der Waals surface area (Å²) in [7, 11) is 0. The Bertz CT molecular complexity index is 866. The molecule has 0 saturated carbocycles. The molecule has 0 aromatic carbocycles. The monoisotopic (exact) mass is 349 g/mol. The third-order valence-corrected chi connectivity index (χ3v) is 4.49. The normalized spacial score (nSPS) is 16.3. The molecule has 0 radical (unpaired) electrons. The summed E-state index contributed by atoms with van der Waals surface area (Å²) in [4.78, 5) is 18.6. The average Bonchev–Trinajstić information content (AvgIpc) is 3.18. The van der Waals surface area contributed by atoms with Crippen LogP contribution >= 0.6 is 0 Å². The minimum atomic E-state index is -0.0357. The van der Waals surface area contributed by atoms with Crippen LogP contribution in [0.15, 0.2) is 61.3 Å². The molecule has 3 aromatic heterocycles. The van der Waals surface area contributed by atoms with Crippen molar-refractivity contribution in [2.75, 3.05) is 13.2 Å². The fourth-order valence-corrected chi connectivity index (χ4v) is 3.20. The Morgan fingerprint density at radius 2 is 2.04 bits per heavy atom. The lowest BCUT2D eigenvalue weighted by atomic mass is 10.1. The van der Waals surface area contributed by atoms with Gasteiger partial charge < -0.3 is 14.2 Å². The fraction of sp³-hybridized carbons (Fsp3) is 0.263. The van der Waals surface area contributed by atoms with E-state index in [1.54, 1.807) is 18.5 Å². The van der Waals surface area contributed by atoms with Gasteiger partial charge in [-0.3, -0.25) is 9.78 Å². The zero-order valence-corrected chi connectivity index (χ0v) is 14.2. The van der Waals surface area contributed by atoms with Gasteiger partial charge in [0.25, 0.3) is 5.91 Å². The van der Waals surface area contributed by atoms with Gasteiger partial charge in [-0.05, 0) is 35.9 Å². The van der Waals surface area contributed by atoms with Gasteiger partial charge in [-0.2, -0.15) is 10.2 Å². The van der Waals surface area contributed by atoms with Crippen molar-refractivity contribution in [1.29, 1.82) is 0 Å². The van der Waals surface area contributed by atoms with Crippen molar-refractivity contribution in [2.45, 2.75) is 19.2 Å². The highest BCUT2D eigenvalue weighted by Gasteiger charge is 2.28. The third-order valence-electron chi connectivity index (χ3n) is 4.49. The lowest BCUT2D eigenvalue weighted by Crippen LogP contribution is -2.42. The summed E-state index contributed by atoms with van der Waals surface area (Å²) in [5, 5.41) is 7.54. The molecule has 0 saturated heterocycles. The second kappa shape index (κ2) is 7.45. The van der Waals surface area contributed by atoms with Crippen LogP contribution in [0.5, 0.6) is 0 Å². The Kier molecular flexibility index (Phi) is 4.70. The van der Waals surface area contributed by atoms with Gasteiger partial charge in [0.15, 0.2) is 0 Å². The van der Waals surface area contributed by atoms with E-state index in [4.69, 9.17) is 4.74 Å². The van der Waals surface area contributed by atoms with Gasteiger partial charge in [0.05, 0.1) is 43.8 Å². The second-order valence-corrected chi connectivity index (χ2v) is 6.25. The summed E-state index contributed by atoms with van der Waals surface area (Å²) in [6, 6.07) is 9.70. The van der Waals surface area contributed by atoms with Gasteiger partial charge in [0.2, 0.25) is 0 Å². The Morgan fingerprint density at radius 3 is 2.85 bits per heavy atom. The van der Waals surface area contributed by atoms with Crippen molar-refractivity contribution in [2.24, 2.45) is 0 Å². The molecule has 1 aliphatic rings. The van der Waals surface area contributed by atoms with E-state index in [2.05, 4.69) is 19.7 Å². The first-order valence-electron chi connectivity index (χ1n) is 8.49. The number of pyridine rings is 1. The number of rotatable bonds is 5. The predicted molar refractivity (Wildman–Crippen MR) is 94.1 cm³/mol. The predicted octanol–water partition coefficient (Wildman–Crippen LogP) is 2.09. The number of fused-ring (bicyclic) bond motifs is 1. The van der Waals surface area contributed by atoms with E-state index >= 15 is 0 Å².